The van der Waals surface area contributed by atoms with E-state index in [1.807, 2.05) is 27.2 Å². The number of carbonyl (C=O) groups is 1. The van der Waals surface area contributed by atoms with E-state index >= 15 is 0 Å². The van der Waals surface area contributed by atoms with Gasteiger partial charge in [0.05, 0.1) is 39.9 Å². The van der Waals surface area contributed by atoms with Crippen LogP contribution < -0.4 is 5.32 Å². The molecular formula is C70H128N2O6P+. The largest absolute Gasteiger partial charge is 0.472 e. The summed E-state index contributed by atoms with van der Waals surface area (Å²) in [5.41, 5.74) is 0. The Balaban J connectivity index is 3.94. The molecule has 1 amide bonds. The highest BCUT2D eigenvalue weighted by Gasteiger charge is 2.27. The number of carbonyl (C=O) groups excluding carboxylic acids is 1. The van der Waals surface area contributed by atoms with Crippen LogP contribution in [-0.4, -0.2) is 73.4 Å². The molecule has 458 valence electrons. The molecule has 0 rings (SSSR count). The number of unbranched alkanes of at least 4 members (excludes halogenated alkanes) is 33. The minimum absolute atomic E-state index is 0.0523. The van der Waals surface area contributed by atoms with Gasteiger partial charge in [0.15, 0.2) is 0 Å². The van der Waals surface area contributed by atoms with Crippen LogP contribution in [0.2, 0.25) is 0 Å². The summed E-state index contributed by atoms with van der Waals surface area (Å²) in [7, 11) is 1.55. The number of phosphoric acid groups is 1. The Morgan fingerprint density at radius 3 is 1.16 bits per heavy atom. The zero-order valence-corrected chi connectivity index (χ0v) is 53.2. The van der Waals surface area contributed by atoms with Crippen molar-refractivity contribution in [1.82, 2.24) is 5.32 Å². The number of aliphatic hydroxyl groups excluding tert-OH is 1. The molecule has 0 spiro atoms. The number of rotatable bonds is 60. The first-order valence-electron chi connectivity index (χ1n) is 33.1. The van der Waals surface area contributed by atoms with Crippen LogP contribution in [0.5, 0.6) is 0 Å². The SMILES string of the molecule is CC/C=C\C/C=C\C/C=C\C/C=C\C/C=C\CCCCCCCCCCCCCCCCCCCCCCCCCCCC(=O)NC(COP(=O)(O)OCC[N+](C)(C)C)C(O)/C=C/CC/C=C/CC/C=C/CCCCCCCC. The molecule has 3 atom stereocenters. The number of nitrogens with one attached hydrogen (secondary N) is 1. The molecule has 3 N–H and O–H groups in total. The average molecular weight is 1120 g/mol. The smallest absolute Gasteiger partial charge is 0.387 e. The molecule has 0 aromatic carbocycles. The Morgan fingerprint density at radius 1 is 0.443 bits per heavy atom. The number of phosphoric ester groups is 1. The maximum atomic E-state index is 13.0. The monoisotopic (exact) mass is 1120 g/mol. The molecule has 0 aliphatic carbocycles. The molecule has 0 aromatic heterocycles. The van der Waals surface area contributed by atoms with E-state index in [9.17, 15) is 19.4 Å². The van der Waals surface area contributed by atoms with Gasteiger partial charge < -0.3 is 19.8 Å². The molecule has 79 heavy (non-hydrogen) atoms. The molecule has 0 heterocycles. The molecule has 0 saturated heterocycles. The fourth-order valence-electron chi connectivity index (χ4n) is 9.40. The van der Waals surface area contributed by atoms with E-state index in [1.54, 1.807) is 6.08 Å². The summed E-state index contributed by atoms with van der Waals surface area (Å²) in [6.45, 7) is 4.67. The Labute approximate surface area is 489 Å². The van der Waals surface area contributed by atoms with Gasteiger partial charge in [0.25, 0.3) is 0 Å². The van der Waals surface area contributed by atoms with Crippen molar-refractivity contribution in [3.05, 3.63) is 97.2 Å². The molecule has 0 aliphatic rings. The van der Waals surface area contributed by atoms with E-state index in [2.05, 4.69) is 104 Å². The Morgan fingerprint density at radius 2 is 0.772 bits per heavy atom. The van der Waals surface area contributed by atoms with Crippen LogP contribution in [0.3, 0.4) is 0 Å². The number of nitrogens with zero attached hydrogens (tertiary/aromatic N) is 1. The molecule has 0 bridgehead atoms. The van der Waals surface area contributed by atoms with Crippen LogP contribution in [0, 0.1) is 0 Å². The van der Waals surface area contributed by atoms with E-state index in [0.29, 0.717) is 17.4 Å². The van der Waals surface area contributed by atoms with Gasteiger partial charge >= 0.3 is 7.82 Å². The standard InChI is InChI=1S/C70H127N2O6P/c1-6-8-10-12-14-16-18-20-22-24-25-26-27-28-29-30-31-32-33-34-35-36-37-38-39-40-41-42-43-44-45-46-47-48-50-52-54-56-58-60-62-64-70(74)71-68(67-78-79(75,76)77-66-65-72(3,4)5)69(73)63-61-59-57-55-53-51-49-23-21-19-17-15-13-11-9-7-2/h8,10,14,16,20-23,25-26,28-29,53,55,61,63,68-69,73H,6-7,9,11-13,15,17-19,24,27,30-52,54,56-60,62,64-67H2,1-5H3,(H-,71,74,75,76)/p+1/b10-8-,16-14-,22-20-,23-21+,26-25-,29-28-,55-53+,63-61+. The lowest BCUT2D eigenvalue weighted by Gasteiger charge is -2.25. The van der Waals surface area contributed by atoms with Gasteiger partial charge in [0.2, 0.25) is 5.91 Å². The first-order chi connectivity index (χ1) is 38.5. The summed E-state index contributed by atoms with van der Waals surface area (Å²) >= 11 is 0. The Bertz CT molecular complexity index is 1610. The second-order valence-corrected chi connectivity index (χ2v) is 24.9. The second kappa shape index (κ2) is 60.0. The van der Waals surface area contributed by atoms with Gasteiger partial charge in [-0.25, -0.2) is 4.57 Å². The van der Waals surface area contributed by atoms with Gasteiger partial charge in [-0.1, -0.05) is 291 Å². The highest BCUT2D eigenvalue weighted by Crippen LogP contribution is 2.43. The van der Waals surface area contributed by atoms with Gasteiger partial charge in [-0.05, 0) is 89.9 Å². The van der Waals surface area contributed by atoms with Gasteiger partial charge in [0, 0.05) is 6.42 Å². The van der Waals surface area contributed by atoms with Crippen LogP contribution in [-0.2, 0) is 18.4 Å². The van der Waals surface area contributed by atoms with Crippen molar-refractivity contribution in [2.75, 3.05) is 40.9 Å². The van der Waals surface area contributed by atoms with Gasteiger partial charge in [-0.15, -0.1) is 0 Å². The molecule has 0 aromatic rings. The normalized spacial score (nSPS) is 14.4. The zero-order valence-electron chi connectivity index (χ0n) is 52.3. The minimum atomic E-state index is -4.36. The van der Waals surface area contributed by atoms with Gasteiger partial charge in [-0.2, -0.15) is 0 Å². The van der Waals surface area contributed by atoms with Crippen molar-refractivity contribution >= 4 is 13.7 Å². The molecule has 3 unspecified atom stereocenters. The van der Waals surface area contributed by atoms with Crippen LogP contribution in [0.25, 0.3) is 0 Å². The van der Waals surface area contributed by atoms with E-state index in [0.717, 1.165) is 77.0 Å². The fourth-order valence-corrected chi connectivity index (χ4v) is 10.1. The summed E-state index contributed by atoms with van der Waals surface area (Å²) in [4.78, 5) is 23.3. The summed E-state index contributed by atoms with van der Waals surface area (Å²) in [5.74, 6) is -0.189. The van der Waals surface area contributed by atoms with E-state index in [4.69, 9.17) is 9.05 Å². The van der Waals surface area contributed by atoms with Gasteiger partial charge in [0.1, 0.15) is 13.2 Å². The Kier molecular flexibility index (Phi) is 58.1. The van der Waals surface area contributed by atoms with Crippen molar-refractivity contribution in [2.24, 2.45) is 0 Å². The summed E-state index contributed by atoms with van der Waals surface area (Å²) in [5, 5.41) is 13.9. The third-order valence-corrected chi connectivity index (χ3v) is 15.5. The number of allylic oxidation sites excluding steroid dienone is 15. The van der Waals surface area contributed by atoms with Crippen LogP contribution >= 0.6 is 7.82 Å². The molecule has 9 heteroatoms. The predicted molar refractivity (Wildman–Crippen MR) is 346 cm³/mol. The first kappa shape index (κ1) is 76.4. The molecule has 0 saturated carbocycles. The first-order valence-corrected chi connectivity index (χ1v) is 34.6. The maximum absolute atomic E-state index is 13.0. The lowest BCUT2D eigenvalue weighted by atomic mass is 10.0. The van der Waals surface area contributed by atoms with E-state index < -0.39 is 20.0 Å². The predicted octanol–water partition coefficient (Wildman–Crippen LogP) is 20.9. The third-order valence-electron chi connectivity index (χ3n) is 14.5. The minimum Gasteiger partial charge on any atom is -0.387 e. The quantitative estimate of drug-likeness (QED) is 0.0243. The van der Waals surface area contributed by atoms with Crippen molar-refractivity contribution in [1.29, 1.82) is 0 Å². The van der Waals surface area contributed by atoms with Crippen molar-refractivity contribution in [2.45, 2.75) is 302 Å². The average Bonchev–Trinajstić information content (AvgIpc) is 3.42. The number of amides is 1. The lowest BCUT2D eigenvalue weighted by molar-refractivity contribution is -0.870. The second-order valence-electron chi connectivity index (χ2n) is 23.4. The highest BCUT2D eigenvalue weighted by molar-refractivity contribution is 7.47. The van der Waals surface area contributed by atoms with Crippen molar-refractivity contribution < 1.29 is 32.9 Å². The molecule has 0 aliphatic heterocycles. The number of aliphatic hydroxyl groups is 1. The van der Waals surface area contributed by atoms with E-state index in [1.165, 1.54) is 193 Å². The van der Waals surface area contributed by atoms with Crippen LogP contribution in [0.15, 0.2) is 97.2 Å². The van der Waals surface area contributed by atoms with Gasteiger partial charge in [-0.3, -0.25) is 13.8 Å². The Hall–Kier alpha value is -2.58. The number of hydrogen-bond donors (Lipinski definition) is 3. The van der Waals surface area contributed by atoms with Crippen molar-refractivity contribution in [3.8, 4) is 0 Å². The lowest BCUT2D eigenvalue weighted by Crippen LogP contribution is -2.45. The molecule has 8 nitrogen and oxygen atoms in total. The van der Waals surface area contributed by atoms with Crippen molar-refractivity contribution in [3.63, 3.8) is 0 Å². The number of quaternary nitrogens is 1. The maximum Gasteiger partial charge on any atom is 0.472 e. The third kappa shape index (κ3) is 62.9. The summed E-state index contributed by atoms with van der Waals surface area (Å²) in [6, 6.07) is -0.872. The topological polar surface area (TPSA) is 105 Å². The highest BCUT2D eigenvalue weighted by atomic mass is 31.2. The van der Waals surface area contributed by atoms with Crippen LogP contribution in [0.4, 0.5) is 0 Å². The zero-order chi connectivity index (χ0) is 57.7. The van der Waals surface area contributed by atoms with E-state index in [-0.39, 0.29) is 19.1 Å². The fraction of sp³-hybridized carbons (Fsp3) is 0.757. The molecule has 0 radical (unpaired) electrons. The number of hydrogen-bond acceptors (Lipinski definition) is 5. The molecular weight excluding hydrogens is 996 g/mol. The summed E-state index contributed by atoms with van der Waals surface area (Å²) < 4.78 is 23.7. The van der Waals surface area contributed by atoms with Crippen LogP contribution in [0.1, 0.15) is 290 Å². The summed E-state index contributed by atoms with van der Waals surface area (Å²) in [6.07, 6.45) is 87.0. The number of likely N-dealkylation sites (N-methyl/N-ethyl adjacent to an activating group) is 1. The molecule has 0 fully saturated rings.